The van der Waals surface area contributed by atoms with E-state index in [2.05, 4.69) is 10.2 Å². The van der Waals surface area contributed by atoms with Crippen LogP contribution in [0.5, 0.6) is 5.75 Å². The largest absolute Gasteiger partial charge is 0.491 e. The number of pyridine rings is 1. The van der Waals surface area contributed by atoms with Gasteiger partial charge in [0.2, 0.25) is 5.91 Å². The number of carbonyl (C=O) groups is 1. The van der Waals surface area contributed by atoms with Crippen LogP contribution in [-0.2, 0) is 4.79 Å². The molecule has 168 valence electrons. The lowest BCUT2D eigenvalue weighted by atomic mass is 10.0. The lowest BCUT2D eigenvalue weighted by molar-refractivity contribution is -0.119. The maximum Gasteiger partial charge on any atom is 0.255 e. The Morgan fingerprint density at radius 3 is 2.71 bits per heavy atom. The van der Waals surface area contributed by atoms with Crippen LogP contribution in [0.2, 0.25) is 0 Å². The topological polar surface area (TPSA) is 89.6 Å². The first-order valence-corrected chi connectivity index (χ1v) is 11.0. The van der Waals surface area contributed by atoms with E-state index in [1.54, 1.807) is 4.57 Å². The second-order valence-electron chi connectivity index (χ2n) is 8.86. The van der Waals surface area contributed by atoms with Gasteiger partial charge in [0.25, 0.3) is 5.56 Å². The average Bonchev–Trinajstić information content (AvgIpc) is 3.41. The van der Waals surface area contributed by atoms with Gasteiger partial charge >= 0.3 is 0 Å². The van der Waals surface area contributed by atoms with Crippen molar-refractivity contribution in [1.82, 2.24) is 9.88 Å². The zero-order chi connectivity index (χ0) is 22.3. The van der Waals surface area contributed by atoms with Crippen LogP contribution in [0.1, 0.15) is 44.7 Å². The van der Waals surface area contributed by atoms with Gasteiger partial charge in [0.05, 0.1) is 17.7 Å². The second-order valence-corrected chi connectivity index (χ2v) is 8.86. The number of halogens is 1. The van der Waals surface area contributed by atoms with Crippen molar-refractivity contribution in [2.75, 3.05) is 31.1 Å². The van der Waals surface area contributed by atoms with Crippen LogP contribution in [-0.4, -0.2) is 42.8 Å². The molecule has 8 heteroatoms. The van der Waals surface area contributed by atoms with Crippen molar-refractivity contribution in [3.63, 3.8) is 0 Å². The van der Waals surface area contributed by atoms with Gasteiger partial charge in [-0.15, -0.1) is 0 Å². The highest BCUT2D eigenvalue weighted by Gasteiger charge is 2.32. The minimum absolute atomic E-state index is 0.0575. The van der Waals surface area contributed by atoms with Crippen molar-refractivity contribution >= 4 is 22.5 Å². The normalized spacial score (nSPS) is 19.6. The number of nitrogens with one attached hydrogen (secondary N) is 1. The van der Waals surface area contributed by atoms with E-state index in [0.29, 0.717) is 35.8 Å². The van der Waals surface area contributed by atoms with Gasteiger partial charge in [-0.3, -0.25) is 9.59 Å². The highest BCUT2D eigenvalue weighted by Crippen LogP contribution is 2.42. The van der Waals surface area contributed by atoms with Gasteiger partial charge in [-0.1, -0.05) is 0 Å². The smallest absolute Gasteiger partial charge is 0.255 e. The number of anilines is 1. The minimum Gasteiger partial charge on any atom is -0.491 e. The summed E-state index contributed by atoms with van der Waals surface area (Å²) in [5.41, 5.74) is 8.00. The Kier molecular flexibility index (Phi) is 5.92. The Morgan fingerprint density at radius 2 is 2.10 bits per heavy atom. The van der Waals surface area contributed by atoms with E-state index in [9.17, 15) is 9.59 Å². The molecule has 2 fully saturated rings. The molecule has 1 saturated heterocycles. The Bertz CT molecular complexity index is 1060. The van der Waals surface area contributed by atoms with E-state index in [4.69, 9.17) is 10.5 Å². The van der Waals surface area contributed by atoms with Crippen molar-refractivity contribution in [2.45, 2.75) is 52.1 Å². The lowest BCUT2D eigenvalue weighted by Gasteiger charge is -2.25. The van der Waals surface area contributed by atoms with Gasteiger partial charge in [-0.25, -0.2) is 4.39 Å². The summed E-state index contributed by atoms with van der Waals surface area (Å²) in [6, 6.07) is 3.13. The van der Waals surface area contributed by atoms with Crippen LogP contribution in [0, 0.1) is 18.7 Å². The molecule has 4 rings (SSSR count). The number of hydrogen-bond acceptors (Lipinski definition) is 5. The van der Waals surface area contributed by atoms with Crippen LogP contribution in [0.4, 0.5) is 10.1 Å². The number of rotatable bonds is 7. The first kappa shape index (κ1) is 21.6. The summed E-state index contributed by atoms with van der Waals surface area (Å²) in [6.45, 7) is 7.28. The summed E-state index contributed by atoms with van der Waals surface area (Å²) in [4.78, 5) is 26.1. The molecule has 1 amide bonds. The number of carbonyl (C=O) groups excluding carboxylic acids is 1. The number of benzene rings is 1. The molecule has 2 aromatic rings. The predicted molar refractivity (Wildman–Crippen MR) is 119 cm³/mol. The molecule has 3 N–H and O–H groups in total. The van der Waals surface area contributed by atoms with Crippen molar-refractivity contribution < 1.29 is 13.9 Å². The Labute approximate surface area is 181 Å². The quantitative estimate of drug-likeness (QED) is 0.659. The first-order chi connectivity index (χ1) is 14.8. The van der Waals surface area contributed by atoms with Gasteiger partial charge in [0.15, 0.2) is 0 Å². The van der Waals surface area contributed by atoms with Crippen molar-refractivity contribution in [1.29, 1.82) is 0 Å². The number of amides is 1. The molecule has 31 heavy (non-hydrogen) atoms. The summed E-state index contributed by atoms with van der Waals surface area (Å²) < 4.78 is 23.0. The van der Waals surface area contributed by atoms with Crippen LogP contribution in [0.3, 0.4) is 0 Å². The summed E-state index contributed by atoms with van der Waals surface area (Å²) in [5.74, 6) is 0.206. The molecule has 2 aliphatic rings. The van der Waals surface area contributed by atoms with Gasteiger partial charge in [-0.05, 0) is 50.7 Å². The third-order valence-electron chi connectivity index (χ3n) is 6.39. The SMILES string of the molecule is CC(=O)NCCOc1cc(=O)n(C2CC2)c2c(C)c(N3CCC([C@H](C)N)C3)c(F)cc12. The van der Waals surface area contributed by atoms with Gasteiger partial charge in [0, 0.05) is 43.5 Å². The third kappa shape index (κ3) is 4.26. The number of hydrogen-bond donors (Lipinski definition) is 2. The van der Waals surface area contributed by atoms with E-state index in [1.165, 1.54) is 19.1 Å². The van der Waals surface area contributed by atoms with Crippen molar-refractivity contribution in [3.8, 4) is 5.75 Å². The summed E-state index contributed by atoms with van der Waals surface area (Å²) in [6.07, 6.45) is 2.82. The molecule has 2 heterocycles. The van der Waals surface area contributed by atoms with Crippen LogP contribution >= 0.6 is 0 Å². The zero-order valence-electron chi connectivity index (χ0n) is 18.4. The number of aromatic nitrogens is 1. The standard InChI is InChI=1S/C23H31FN4O3/c1-13-22-18(10-19(24)23(13)27-8-6-16(12-27)14(2)25)20(31-9-7-26-15(3)29)11-21(30)28(22)17-4-5-17/h10-11,14,16-17H,4-9,12,25H2,1-3H3,(H,26,29)/t14-,16?/m0/s1. The van der Waals surface area contributed by atoms with E-state index < -0.39 is 0 Å². The molecule has 2 atom stereocenters. The molecule has 1 aliphatic carbocycles. The van der Waals surface area contributed by atoms with E-state index in [-0.39, 0.29) is 36.0 Å². The summed E-state index contributed by atoms with van der Waals surface area (Å²) in [5, 5.41) is 3.26. The fourth-order valence-electron chi connectivity index (χ4n) is 4.64. The van der Waals surface area contributed by atoms with E-state index in [1.807, 2.05) is 13.8 Å². The number of nitrogens with zero attached hydrogens (tertiary/aromatic N) is 2. The van der Waals surface area contributed by atoms with Gasteiger partial charge in [-0.2, -0.15) is 0 Å². The molecular weight excluding hydrogens is 399 g/mol. The maximum atomic E-state index is 15.4. The Hall–Kier alpha value is -2.61. The summed E-state index contributed by atoms with van der Waals surface area (Å²) >= 11 is 0. The molecule has 1 aromatic carbocycles. The maximum absolute atomic E-state index is 15.4. The average molecular weight is 431 g/mol. The molecule has 1 saturated carbocycles. The van der Waals surface area contributed by atoms with Gasteiger partial charge < -0.3 is 25.3 Å². The third-order valence-corrected chi connectivity index (χ3v) is 6.39. The molecule has 1 aliphatic heterocycles. The van der Waals surface area contributed by atoms with E-state index in [0.717, 1.165) is 36.9 Å². The Balaban J connectivity index is 1.78. The molecule has 1 aromatic heterocycles. The number of aryl methyl sites for hydroxylation is 1. The van der Waals surface area contributed by atoms with Crippen molar-refractivity contribution in [2.24, 2.45) is 11.7 Å². The first-order valence-electron chi connectivity index (χ1n) is 11.0. The monoisotopic (exact) mass is 430 g/mol. The van der Waals surface area contributed by atoms with Crippen molar-refractivity contribution in [3.05, 3.63) is 33.9 Å². The van der Waals surface area contributed by atoms with E-state index >= 15 is 4.39 Å². The predicted octanol–water partition coefficient (Wildman–Crippen LogP) is 2.47. The second kappa shape index (κ2) is 8.49. The fraction of sp³-hybridized carbons (Fsp3) is 0.565. The molecular formula is C23H31FN4O3. The lowest BCUT2D eigenvalue weighted by Crippen LogP contribution is -2.30. The van der Waals surface area contributed by atoms with Crippen LogP contribution in [0.25, 0.3) is 10.9 Å². The van der Waals surface area contributed by atoms with Crippen LogP contribution < -0.4 is 26.2 Å². The number of ether oxygens (including phenoxy) is 1. The van der Waals surface area contributed by atoms with Gasteiger partial charge in [0.1, 0.15) is 18.2 Å². The molecule has 0 radical (unpaired) electrons. The number of fused-ring (bicyclic) bond motifs is 1. The minimum atomic E-state index is -0.317. The van der Waals surface area contributed by atoms with Crippen LogP contribution in [0.15, 0.2) is 16.9 Å². The number of nitrogens with two attached hydrogens (primary N) is 1. The molecule has 0 bridgehead atoms. The zero-order valence-corrected chi connectivity index (χ0v) is 18.4. The Morgan fingerprint density at radius 1 is 1.35 bits per heavy atom. The molecule has 7 nitrogen and oxygen atoms in total. The molecule has 1 unspecified atom stereocenters. The highest BCUT2D eigenvalue weighted by atomic mass is 19.1. The summed E-state index contributed by atoms with van der Waals surface area (Å²) in [7, 11) is 0. The fourth-order valence-corrected chi connectivity index (χ4v) is 4.64. The highest BCUT2D eigenvalue weighted by molar-refractivity contribution is 5.92. The molecule has 0 spiro atoms.